The molecule has 22 heavy (non-hydrogen) atoms. The molecule has 4 heteroatoms. The Hall–Kier alpha value is -2.75. The molecule has 0 unspecified atom stereocenters. The van der Waals surface area contributed by atoms with Gasteiger partial charge in [-0.05, 0) is 36.8 Å². The van der Waals surface area contributed by atoms with Gasteiger partial charge in [-0.1, -0.05) is 30.3 Å². The van der Waals surface area contributed by atoms with Crippen LogP contribution in [0.1, 0.15) is 11.1 Å². The van der Waals surface area contributed by atoms with Gasteiger partial charge in [0.25, 0.3) is 0 Å². The maximum Gasteiger partial charge on any atom is 0.328 e. The van der Waals surface area contributed by atoms with E-state index in [4.69, 9.17) is 14.6 Å². The second-order valence-corrected chi connectivity index (χ2v) is 4.72. The van der Waals surface area contributed by atoms with Crippen molar-refractivity contribution in [3.8, 4) is 11.5 Å². The molecule has 1 N–H and O–H groups in total. The highest BCUT2D eigenvalue weighted by Crippen LogP contribution is 2.19. The molecule has 0 heterocycles. The zero-order chi connectivity index (χ0) is 15.8. The summed E-state index contributed by atoms with van der Waals surface area (Å²) in [5.74, 6) is 0.452. The summed E-state index contributed by atoms with van der Waals surface area (Å²) in [5.41, 5.74) is 1.86. The predicted molar refractivity (Wildman–Crippen MR) is 85.3 cm³/mol. The van der Waals surface area contributed by atoms with Crippen LogP contribution in [0.4, 0.5) is 0 Å². The predicted octanol–water partition coefficient (Wildman–Crippen LogP) is 3.55. The second-order valence-electron chi connectivity index (χ2n) is 4.72. The van der Waals surface area contributed by atoms with E-state index in [9.17, 15) is 4.79 Å². The molecule has 0 amide bonds. The largest absolute Gasteiger partial charge is 0.490 e. The Labute approximate surface area is 129 Å². The van der Waals surface area contributed by atoms with Gasteiger partial charge < -0.3 is 14.6 Å². The van der Waals surface area contributed by atoms with Gasteiger partial charge in [0.15, 0.2) is 0 Å². The van der Waals surface area contributed by atoms with Crippen LogP contribution < -0.4 is 9.47 Å². The van der Waals surface area contributed by atoms with E-state index in [2.05, 4.69) is 0 Å². The highest BCUT2D eigenvalue weighted by molar-refractivity contribution is 5.85. The zero-order valence-corrected chi connectivity index (χ0v) is 12.4. The first-order valence-electron chi connectivity index (χ1n) is 6.97. The normalized spacial score (nSPS) is 10.6. The standard InChI is InChI=1S/C18H18O4/c1-14-5-4-7-16(13-14)21-11-12-22-17-8-3-2-6-15(17)9-10-18(19)20/h2-10,13H,11-12H2,1H3,(H,19,20). The van der Waals surface area contributed by atoms with Crippen LogP contribution in [0.5, 0.6) is 11.5 Å². The summed E-state index contributed by atoms with van der Waals surface area (Å²) in [4.78, 5) is 10.6. The average Bonchev–Trinajstić information content (AvgIpc) is 2.50. The Morgan fingerprint density at radius 3 is 2.64 bits per heavy atom. The molecule has 0 aliphatic carbocycles. The van der Waals surface area contributed by atoms with Gasteiger partial charge in [0.05, 0.1) is 0 Å². The lowest BCUT2D eigenvalue weighted by atomic mass is 10.2. The van der Waals surface area contributed by atoms with Crippen LogP contribution in [0.25, 0.3) is 6.08 Å². The molecule has 0 atom stereocenters. The Morgan fingerprint density at radius 1 is 1.09 bits per heavy atom. The third-order valence-corrected chi connectivity index (χ3v) is 2.92. The number of rotatable bonds is 7. The van der Waals surface area contributed by atoms with E-state index in [0.717, 1.165) is 23.0 Å². The van der Waals surface area contributed by atoms with Crippen molar-refractivity contribution in [2.24, 2.45) is 0 Å². The Balaban J connectivity index is 1.88. The van der Waals surface area contributed by atoms with Crippen molar-refractivity contribution in [3.63, 3.8) is 0 Å². The number of carboxylic acid groups (broad SMARTS) is 1. The molecule has 114 valence electrons. The lowest BCUT2D eigenvalue weighted by Gasteiger charge is -2.10. The molecule has 2 aromatic rings. The molecular weight excluding hydrogens is 280 g/mol. The van der Waals surface area contributed by atoms with Gasteiger partial charge in [-0.2, -0.15) is 0 Å². The van der Waals surface area contributed by atoms with Crippen LogP contribution in [0.15, 0.2) is 54.6 Å². The highest BCUT2D eigenvalue weighted by atomic mass is 16.5. The zero-order valence-electron chi connectivity index (χ0n) is 12.4. The smallest absolute Gasteiger partial charge is 0.328 e. The molecule has 2 rings (SSSR count). The number of para-hydroxylation sites is 1. The van der Waals surface area contributed by atoms with Crippen LogP contribution in [0.3, 0.4) is 0 Å². The number of hydrogen-bond donors (Lipinski definition) is 1. The quantitative estimate of drug-likeness (QED) is 0.627. The molecule has 2 aromatic carbocycles. The topological polar surface area (TPSA) is 55.8 Å². The number of carboxylic acids is 1. The van der Waals surface area contributed by atoms with Crippen LogP contribution >= 0.6 is 0 Å². The van der Waals surface area contributed by atoms with E-state index in [0.29, 0.717) is 19.0 Å². The molecule has 0 aliphatic rings. The van der Waals surface area contributed by atoms with E-state index in [1.165, 1.54) is 6.08 Å². The highest BCUT2D eigenvalue weighted by Gasteiger charge is 2.01. The number of carbonyl (C=O) groups is 1. The van der Waals surface area contributed by atoms with Gasteiger partial charge in [0.2, 0.25) is 0 Å². The van der Waals surface area contributed by atoms with Crippen LogP contribution in [-0.2, 0) is 4.79 Å². The van der Waals surface area contributed by atoms with Crippen LogP contribution in [0, 0.1) is 6.92 Å². The van der Waals surface area contributed by atoms with Crippen molar-refractivity contribution in [2.75, 3.05) is 13.2 Å². The number of aryl methyl sites for hydroxylation is 1. The van der Waals surface area contributed by atoms with E-state index in [-0.39, 0.29) is 0 Å². The third kappa shape index (κ3) is 4.98. The molecule has 0 bridgehead atoms. The molecular formula is C18H18O4. The minimum atomic E-state index is -0.988. The summed E-state index contributed by atoms with van der Waals surface area (Å²) in [6.45, 7) is 2.81. The second kappa shape index (κ2) is 7.88. The van der Waals surface area contributed by atoms with Crippen molar-refractivity contribution in [1.29, 1.82) is 0 Å². The fourth-order valence-corrected chi connectivity index (χ4v) is 1.93. The van der Waals surface area contributed by atoms with Gasteiger partial charge in [-0.15, -0.1) is 0 Å². The molecule has 0 saturated heterocycles. The van der Waals surface area contributed by atoms with Crippen molar-refractivity contribution < 1.29 is 19.4 Å². The van der Waals surface area contributed by atoms with Gasteiger partial charge in [-0.25, -0.2) is 4.79 Å². The number of aliphatic carboxylic acids is 1. The molecule has 4 nitrogen and oxygen atoms in total. The first-order valence-corrected chi connectivity index (χ1v) is 6.97. The Kier molecular flexibility index (Phi) is 5.60. The minimum absolute atomic E-state index is 0.381. The maximum atomic E-state index is 10.6. The van der Waals surface area contributed by atoms with E-state index < -0.39 is 5.97 Å². The fraction of sp³-hybridized carbons (Fsp3) is 0.167. The van der Waals surface area contributed by atoms with E-state index in [1.54, 1.807) is 12.1 Å². The van der Waals surface area contributed by atoms with E-state index in [1.807, 2.05) is 43.3 Å². The molecule has 0 aromatic heterocycles. The average molecular weight is 298 g/mol. The Bertz CT molecular complexity index is 662. The molecule has 0 saturated carbocycles. The van der Waals surface area contributed by atoms with E-state index >= 15 is 0 Å². The SMILES string of the molecule is Cc1cccc(OCCOc2ccccc2C=CC(=O)O)c1. The molecule has 0 fully saturated rings. The summed E-state index contributed by atoms with van der Waals surface area (Å²) in [7, 11) is 0. The van der Waals surface area contributed by atoms with Gasteiger partial charge >= 0.3 is 5.97 Å². The molecule has 0 radical (unpaired) electrons. The summed E-state index contributed by atoms with van der Waals surface area (Å²) >= 11 is 0. The van der Waals surface area contributed by atoms with Gasteiger partial charge in [0, 0.05) is 11.6 Å². The van der Waals surface area contributed by atoms with Crippen molar-refractivity contribution in [2.45, 2.75) is 6.92 Å². The number of benzene rings is 2. The van der Waals surface area contributed by atoms with Crippen LogP contribution in [-0.4, -0.2) is 24.3 Å². The first kappa shape index (κ1) is 15.6. The lowest BCUT2D eigenvalue weighted by molar-refractivity contribution is -0.131. The van der Waals surface area contributed by atoms with Gasteiger partial charge in [-0.3, -0.25) is 0 Å². The number of hydrogen-bond acceptors (Lipinski definition) is 3. The molecule has 0 aliphatic heterocycles. The van der Waals surface area contributed by atoms with Crippen LogP contribution in [0.2, 0.25) is 0 Å². The summed E-state index contributed by atoms with van der Waals surface area (Å²) in [5, 5.41) is 8.68. The third-order valence-electron chi connectivity index (χ3n) is 2.92. The summed E-state index contributed by atoms with van der Waals surface area (Å²) < 4.78 is 11.3. The number of ether oxygens (including phenoxy) is 2. The van der Waals surface area contributed by atoms with Crippen molar-refractivity contribution in [1.82, 2.24) is 0 Å². The lowest BCUT2D eigenvalue weighted by Crippen LogP contribution is -2.09. The monoisotopic (exact) mass is 298 g/mol. The maximum absolute atomic E-state index is 10.6. The van der Waals surface area contributed by atoms with Crippen molar-refractivity contribution >= 4 is 12.0 Å². The van der Waals surface area contributed by atoms with Crippen molar-refractivity contribution in [3.05, 3.63) is 65.7 Å². The summed E-state index contributed by atoms with van der Waals surface area (Å²) in [6.07, 6.45) is 2.60. The van der Waals surface area contributed by atoms with Gasteiger partial charge in [0.1, 0.15) is 24.7 Å². The first-order chi connectivity index (χ1) is 10.6. The molecule has 0 spiro atoms. The summed E-state index contributed by atoms with van der Waals surface area (Å²) in [6, 6.07) is 15.1. The minimum Gasteiger partial charge on any atom is -0.490 e. The fourth-order valence-electron chi connectivity index (χ4n) is 1.93. The Morgan fingerprint density at radius 2 is 1.86 bits per heavy atom.